The van der Waals surface area contributed by atoms with E-state index in [1.807, 2.05) is 31.2 Å². The van der Waals surface area contributed by atoms with Crippen LogP contribution in [0.2, 0.25) is 0 Å². The Kier molecular flexibility index (Phi) is 5.35. The Morgan fingerprint density at radius 3 is 2.15 bits per heavy atom. The van der Waals surface area contributed by atoms with Crippen LogP contribution in [0.15, 0.2) is 24.3 Å². The minimum absolute atomic E-state index is 0. The molecule has 1 nitrogen and oxygen atoms in total. The quantitative estimate of drug-likeness (QED) is 0.799. The van der Waals surface area contributed by atoms with Gasteiger partial charge in [0, 0.05) is 32.7 Å². The van der Waals surface area contributed by atoms with Gasteiger partial charge in [0.15, 0.2) is 0 Å². The van der Waals surface area contributed by atoms with Crippen LogP contribution in [0.4, 0.5) is 0 Å². The molecule has 0 aliphatic rings. The average Bonchev–Trinajstić information content (AvgIpc) is 2.05. The van der Waals surface area contributed by atoms with Crippen LogP contribution in [0, 0.1) is 20.8 Å². The standard InChI is InChI=1S/C11H14O.Y/c1-4-11(3,12)10-7-5-9(2)6-8-10;/h5-8,12H,1,3-4H2,2H3;/q-2;. The van der Waals surface area contributed by atoms with E-state index >= 15 is 0 Å². The molecule has 1 aromatic rings. The van der Waals surface area contributed by atoms with Crippen molar-refractivity contribution in [2.45, 2.75) is 18.9 Å². The predicted octanol–water partition coefficient (Wildman–Crippen LogP) is 2.24. The van der Waals surface area contributed by atoms with Gasteiger partial charge in [0.25, 0.3) is 0 Å². The van der Waals surface area contributed by atoms with Gasteiger partial charge in [-0.15, -0.1) is 0 Å². The van der Waals surface area contributed by atoms with Crippen molar-refractivity contribution >= 4 is 0 Å². The molecule has 0 aliphatic heterocycles. The summed E-state index contributed by atoms with van der Waals surface area (Å²) >= 11 is 0. The molecule has 2 heteroatoms. The molecule has 1 radical (unpaired) electrons. The van der Waals surface area contributed by atoms with E-state index in [0.717, 1.165) is 5.56 Å². The van der Waals surface area contributed by atoms with Crippen molar-refractivity contribution in [3.05, 3.63) is 49.2 Å². The maximum atomic E-state index is 9.71. The average molecular weight is 251 g/mol. The van der Waals surface area contributed by atoms with E-state index in [-0.39, 0.29) is 32.7 Å². The number of rotatable bonds is 2. The van der Waals surface area contributed by atoms with E-state index < -0.39 is 5.60 Å². The molecular formula is C11H14OY-2. The normalized spacial score (nSPS) is 14.5. The topological polar surface area (TPSA) is 20.2 Å². The van der Waals surface area contributed by atoms with Crippen molar-refractivity contribution in [1.29, 1.82) is 0 Å². The summed E-state index contributed by atoms with van der Waals surface area (Å²) in [6.07, 6.45) is 0.385. The van der Waals surface area contributed by atoms with E-state index in [2.05, 4.69) is 13.8 Å². The Bertz CT molecular complexity index is 251. The van der Waals surface area contributed by atoms with Gasteiger partial charge in [-0.1, -0.05) is 35.4 Å². The molecule has 13 heavy (non-hydrogen) atoms. The molecule has 1 N–H and O–H groups in total. The second-order valence-corrected chi connectivity index (χ2v) is 3.15. The number of hydrogen-bond acceptors (Lipinski definition) is 1. The van der Waals surface area contributed by atoms with Crippen LogP contribution < -0.4 is 0 Å². The summed E-state index contributed by atoms with van der Waals surface area (Å²) in [5.41, 5.74) is 0.968. The van der Waals surface area contributed by atoms with Crippen molar-refractivity contribution in [2.24, 2.45) is 0 Å². The Hall–Kier alpha value is 0.284. The first-order valence-electron chi connectivity index (χ1n) is 4.00. The van der Waals surface area contributed by atoms with Crippen molar-refractivity contribution in [3.8, 4) is 0 Å². The predicted molar refractivity (Wildman–Crippen MR) is 50.4 cm³/mol. The largest absolute Gasteiger partial charge is 0.420 e. The maximum absolute atomic E-state index is 9.71. The summed E-state index contributed by atoms with van der Waals surface area (Å²) in [5, 5.41) is 9.71. The van der Waals surface area contributed by atoms with Crippen LogP contribution in [0.5, 0.6) is 0 Å². The van der Waals surface area contributed by atoms with E-state index in [4.69, 9.17) is 0 Å². The Labute approximate surface area is 105 Å². The summed E-state index contributed by atoms with van der Waals surface area (Å²) in [4.78, 5) is 0. The monoisotopic (exact) mass is 251 g/mol. The molecule has 0 bridgehead atoms. The maximum Gasteiger partial charge on any atom is 0 e. The fourth-order valence-corrected chi connectivity index (χ4v) is 1.01. The smallest absolute Gasteiger partial charge is 0 e. The van der Waals surface area contributed by atoms with E-state index in [9.17, 15) is 5.11 Å². The van der Waals surface area contributed by atoms with Crippen molar-refractivity contribution in [2.75, 3.05) is 0 Å². The van der Waals surface area contributed by atoms with Gasteiger partial charge in [-0.25, -0.2) is 0 Å². The van der Waals surface area contributed by atoms with Crippen LogP contribution in [0.1, 0.15) is 17.5 Å². The molecule has 0 fully saturated rings. The molecular weight excluding hydrogens is 237 g/mol. The zero-order valence-corrected chi connectivity index (χ0v) is 10.8. The SMILES string of the molecule is [CH2-]CC([CH2-])(O)c1ccc(C)cc1.[Y]. The van der Waals surface area contributed by atoms with Crippen LogP contribution in [0.25, 0.3) is 0 Å². The van der Waals surface area contributed by atoms with Crippen molar-refractivity contribution < 1.29 is 37.8 Å². The van der Waals surface area contributed by atoms with Crippen LogP contribution in [-0.4, -0.2) is 5.11 Å². The summed E-state index contributed by atoms with van der Waals surface area (Å²) in [6.45, 7) is 9.34. The third-order valence-corrected chi connectivity index (χ3v) is 2.00. The zero-order chi connectivity index (χ0) is 9.19. The van der Waals surface area contributed by atoms with Gasteiger partial charge >= 0.3 is 0 Å². The minimum Gasteiger partial charge on any atom is -0.420 e. The summed E-state index contributed by atoms with van der Waals surface area (Å²) in [6, 6.07) is 7.68. The molecule has 1 atom stereocenters. The summed E-state index contributed by atoms with van der Waals surface area (Å²) in [5.74, 6) is 0. The first kappa shape index (κ1) is 13.3. The molecule has 0 saturated heterocycles. The Balaban J connectivity index is 0.00000144. The van der Waals surface area contributed by atoms with Crippen LogP contribution >= 0.6 is 0 Å². The van der Waals surface area contributed by atoms with Gasteiger partial charge in [0.05, 0.1) is 0 Å². The first-order chi connectivity index (χ1) is 5.56. The fraction of sp³-hybridized carbons (Fsp3) is 0.273. The van der Waals surface area contributed by atoms with E-state index in [1.165, 1.54) is 5.56 Å². The van der Waals surface area contributed by atoms with Crippen LogP contribution in [0.3, 0.4) is 0 Å². The first-order valence-corrected chi connectivity index (χ1v) is 4.00. The number of aliphatic hydroxyl groups is 1. The molecule has 1 unspecified atom stereocenters. The molecule has 1 aromatic carbocycles. The molecule has 0 saturated carbocycles. The second kappa shape index (κ2) is 5.24. The molecule has 0 aromatic heterocycles. The third-order valence-electron chi connectivity index (χ3n) is 2.00. The second-order valence-electron chi connectivity index (χ2n) is 3.15. The molecule has 0 amide bonds. The molecule has 0 heterocycles. The number of hydrogen-bond donors (Lipinski definition) is 1. The molecule has 1 rings (SSSR count). The minimum atomic E-state index is -1.03. The number of benzene rings is 1. The molecule has 0 spiro atoms. The zero-order valence-electron chi connectivity index (χ0n) is 7.96. The fourth-order valence-electron chi connectivity index (χ4n) is 1.01. The van der Waals surface area contributed by atoms with Gasteiger partial charge < -0.3 is 19.0 Å². The summed E-state index contributed by atoms with van der Waals surface area (Å²) in [7, 11) is 0. The number of aryl methyl sites for hydroxylation is 1. The van der Waals surface area contributed by atoms with E-state index in [0.29, 0.717) is 6.42 Å². The van der Waals surface area contributed by atoms with Crippen molar-refractivity contribution in [1.82, 2.24) is 0 Å². The van der Waals surface area contributed by atoms with Gasteiger partial charge in [0.2, 0.25) is 0 Å². The van der Waals surface area contributed by atoms with Crippen molar-refractivity contribution in [3.63, 3.8) is 0 Å². The summed E-state index contributed by atoms with van der Waals surface area (Å²) < 4.78 is 0. The third kappa shape index (κ3) is 3.49. The van der Waals surface area contributed by atoms with Gasteiger partial charge in [-0.05, 0) is 12.5 Å². The van der Waals surface area contributed by atoms with Gasteiger partial charge in [-0.2, -0.15) is 6.42 Å². The van der Waals surface area contributed by atoms with Gasteiger partial charge in [-0.3, -0.25) is 0 Å². The molecule has 0 aliphatic carbocycles. The molecule has 69 valence electrons. The van der Waals surface area contributed by atoms with E-state index in [1.54, 1.807) is 0 Å². The van der Waals surface area contributed by atoms with Gasteiger partial charge in [0.1, 0.15) is 0 Å². The Morgan fingerprint density at radius 2 is 1.77 bits per heavy atom. The van der Waals surface area contributed by atoms with Crippen LogP contribution in [-0.2, 0) is 38.3 Å². The Morgan fingerprint density at radius 1 is 1.31 bits per heavy atom.